The van der Waals surface area contributed by atoms with Crippen molar-refractivity contribution in [2.45, 2.75) is 26.0 Å². The molecule has 2 rings (SSSR count). The molecule has 0 aromatic carbocycles. The zero-order chi connectivity index (χ0) is 10.7. The first-order valence-corrected chi connectivity index (χ1v) is 5.31. The summed E-state index contributed by atoms with van der Waals surface area (Å²) in [5.41, 5.74) is 0. The normalized spacial score (nSPS) is 26.0. The number of ether oxygens (including phenoxy) is 2. The lowest BCUT2D eigenvalue weighted by atomic mass is 10.0. The number of aromatic nitrogens is 3. The molecule has 5 nitrogen and oxygen atoms in total. The Morgan fingerprint density at radius 2 is 2.53 bits per heavy atom. The average molecular weight is 211 g/mol. The lowest BCUT2D eigenvalue weighted by Gasteiger charge is -2.14. The Morgan fingerprint density at radius 3 is 3.20 bits per heavy atom. The number of rotatable bonds is 4. The van der Waals surface area contributed by atoms with E-state index in [4.69, 9.17) is 9.47 Å². The molecular weight excluding hydrogens is 194 g/mol. The van der Waals surface area contributed by atoms with Gasteiger partial charge in [0.2, 0.25) is 0 Å². The van der Waals surface area contributed by atoms with Crippen LogP contribution in [0, 0.1) is 5.92 Å². The fourth-order valence-electron chi connectivity index (χ4n) is 1.87. The van der Waals surface area contributed by atoms with E-state index in [0.717, 1.165) is 25.4 Å². The maximum absolute atomic E-state index is 5.67. The standard InChI is InChI=1S/C10H17N3O2/c1-8-3-5-15-9(8)10-12-11-7-13(10)4-6-14-2/h7-9H,3-6H2,1-2H3. The Kier molecular flexibility index (Phi) is 3.33. The Hall–Kier alpha value is -0.940. The van der Waals surface area contributed by atoms with Crippen molar-refractivity contribution in [3.8, 4) is 0 Å². The largest absolute Gasteiger partial charge is 0.383 e. The quantitative estimate of drug-likeness (QED) is 0.746. The number of hydrogen-bond donors (Lipinski definition) is 0. The Balaban J connectivity index is 2.09. The third-order valence-electron chi connectivity index (χ3n) is 2.82. The molecule has 2 heterocycles. The van der Waals surface area contributed by atoms with E-state index in [1.165, 1.54) is 0 Å². The zero-order valence-electron chi connectivity index (χ0n) is 9.22. The molecule has 0 N–H and O–H groups in total. The van der Waals surface area contributed by atoms with Gasteiger partial charge in [0.15, 0.2) is 5.82 Å². The molecule has 1 fully saturated rings. The van der Waals surface area contributed by atoms with E-state index in [9.17, 15) is 0 Å². The van der Waals surface area contributed by atoms with Crippen LogP contribution in [0.2, 0.25) is 0 Å². The van der Waals surface area contributed by atoms with Gasteiger partial charge in [0.05, 0.1) is 6.61 Å². The smallest absolute Gasteiger partial charge is 0.162 e. The zero-order valence-corrected chi connectivity index (χ0v) is 9.22. The summed E-state index contributed by atoms with van der Waals surface area (Å²) in [4.78, 5) is 0. The van der Waals surface area contributed by atoms with Crippen LogP contribution in [0.1, 0.15) is 25.3 Å². The molecule has 1 saturated heterocycles. The molecule has 15 heavy (non-hydrogen) atoms. The Bertz CT molecular complexity index is 313. The van der Waals surface area contributed by atoms with Crippen molar-refractivity contribution in [2.75, 3.05) is 20.3 Å². The fraction of sp³-hybridized carbons (Fsp3) is 0.800. The highest BCUT2D eigenvalue weighted by Gasteiger charge is 2.29. The SMILES string of the molecule is COCCn1cnnc1C1OCCC1C. The van der Waals surface area contributed by atoms with Gasteiger partial charge in [-0.15, -0.1) is 10.2 Å². The maximum Gasteiger partial charge on any atom is 0.162 e. The highest BCUT2D eigenvalue weighted by atomic mass is 16.5. The van der Waals surface area contributed by atoms with Crippen LogP contribution in [-0.2, 0) is 16.0 Å². The molecular formula is C10H17N3O2. The first kappa shape index (κ1) is 10.6. The summed E-state index contributed by atoms with van der Waals surface area (Å²) < 4.78 is 12.7. The Labute approximate surface area is 89.4 Å². The van der Waals surface area contributed by atoms with Crippen molar-refractivity contribution in [2.24, 2.45) is 5.92 Å². The van der Waals surface area contributed by atoms with Gasteiger partial charge in [0.1, 0.15) is 12.4 Å². The summed E-state index contributed by atoms with van der Waals surface area (Å²) in [6.07, 6.45) is 2.94. The minimum atomic E-state index is 0.101. The second-order valence-electron chi connectivity index (χ2n) is 3.93. The summed E-state index contributed by atoms with van der Waals surface area (Å²) in [6, 6.07) is 0. The van der Waals surface area contributed by atoms with E-state index in [1.54, 1.807) is 13.4 Å². The van der Waals surface area contributed by atoms with Gasteiger partial charge in [-0.1, -0.05) is 6.92 Å². The molecule has 2 unspecified atom stereocenters. The van der Waals surface area contributed by atoms with Gasteiger partial charge in [-0.25, -0.2) is 0 Å². The highest BCUT2D eigenvalue weighted by molar-refractivity contribution is 4.96. The second-order valence-corrected chi connectivity index (χ2v) is 3.93. The molecule has 2 atom stereocenters. The predicted octanol–water partition coefficient (Wildman–Crippen LogP) is 1.02. The summed E-state index contributed by atoms with van der Waals surface area (Å²) in [5.74, 6) is 1.45. The molecule has 1 aliphatic rings. The molecule has 5 heteroatoms. The van der Waals surface area contributed by atoms with Gasteiger partial charge in [-0.2, -0.15) is 0 Å². The van der Waals surface area contributed by atoms with E-state index in [0.29, 0.717) is 12.5 Å². The van der Waals surface area contributed by atoms with Crippen LogP contribution in [0.25, 0.3) is 0 Å². The molecule has 1 aliphatic heterocycles. The van der Waals surface area contributed by atoms with Crippen LogP contribution in [0.5, 0.6) is 0 Å². The molecule has 0 saturated carbocycles. The first-order valence-electron chi connectivity index (χ1n) is 5.31. The van der Waals surface area contributed by atoms with Crippen molar-refractivity contribution in [1.29, 1.82) is 0 Å². The van der Waals surface area contributed by atoms with E-state index in [-0.39, 0.29) is 6.10 Å². The molecule has 0 radical (unpaired) electrons. The monoisotopic (exact) mass is 211 g/mol. The summed E-state index contributed by atoms with van der Waals surface area (Å²) in [6.45, 7) is 4.47. The predicted molar refractivity (Wildman–Crippen MR) is 54.4 cm³/mol. The van der Waals surface area contributed by atoms with Crippen LogP contribution in [0.3, 0.4) is 0 Å². The fourth-order valence-corrected chi connectivity index (χ4v) is 1.87. The van der Waals surface area contributed by atoms with Gasteiger partial charge in [-0.05, 0) is 12.3 Å². The van der Waals surface area contributed by atoms with Gasteiger partial charge in [0.25, 0.3) is 0 Å². The molecule has 1 aromatic heterocycles. The van der Waals surface area contributed by atoms with Crippen molar-refractivity contribution < 1.29 is 9.47 Å². The lowest BCUT2D eigenvalue weighted by molar-refractivity contribution is 0.0821. The van der Waals surface area contributed by atoms with Gasteiger partial charge < -0.3 is 14.0 Å². The average Bonchev–Trinajstić information content (AvgIpc) is 2.82. The van der Waals surface area contributed by atoms with Gasteiger partial charge in [0, 0.05) is 20.3 Å². The summed E-state index contributed by atoms with van der Waals surface area (Å²) >= 11 is 0. The van der Waals surface area contributed by atoms with Crippen molar-refractivity contribution in [3.05, 3.63) is 12.2 Å². The number of hydrogen-bond acceptors (Lipinski definition) is 4. The molecule has 84 valence electrons. The topological polar surface area (TPSA) is 49.2 Å². The van der Waals surface area contributed by atoms with Crippen molar-refractivity contribution >= 4 is 0 Å². The van der Waals surface area contributed by atoms with Crippen LogP contribution in [0.15, 0.2) is 6.33 Å². The first-order chi connectivity index (χ1) is 7.33. The summed E-state index contributed by atoms with van der Waals surface area (Å²) in [5, 5.41) is 8.07. The molecule has 0 spiro atoms. The Morgan fingerprint density at radius 1 is 1.67 bits per heavy atom. The van der Waals surface area contributed by atoms with E-state index >= 15 is 0 Å². The highest BCUT2D eigenvalue weighted by Crippen LogP contribution is 2.32. The lowest BCUT2D eigenvalue weighted by Crippen LogP contribution is -2.14. The van der Waals surface area contributed by atoms with Crippen LogP contribution in [0.4, 0.5) is 0 Å². The van der Waals surface area contributed by atoms with E-state index in [1.807, 2.05) is 4.57 Å². The van der Waals surface area contributed by atoms with E-state index in [2.05, 4.69) is 17.1 Å². The van der Waals surface area contributed by atoms with Gasteiger partial charge >= 0.3 is 0 Å². The number of nitrogens with zero attached hydrogens (tertiary/aromatic N) is 3. The molecule has 1 aromatic rings. The van der Waals surface area contributed by atoms with E-state index < -0.39 is 0 Å². The van der Waals surface area contributed by atoms with Crippen LogP contribution >= 0.6 is 0 Å². The molecule has 0 amide bonds. The third kappa shape index (κ3) is 2.18. The van der Waals surface area contributed by atoms with Crippen molar-refractivity contribution in [3.63, 3.8) is 0 Å². The second kappa shape index (κ2) is 4.72. The van der Waals surface area contributed by atoms with Crippen LogP contribution < -0.4 is 0 Å². The number of methoxy groups -OCH3 is 1. The van der Waals surface area contributed by atoms with Crippen molar-refractivity contribution in [1.82, 2.24) is 14.8 Å². The van der Waals surface area contributed by atoms with Gasteiger partial charge in [-0.3, -0.25) is 0 Å². The maximum atomic E-state index is 5.67. The molecule has 0 bridgehead atoms. The summed E-state index contributed by atoms with van der Waals surface area (Å²) in [7, 11) is 1.69. The molecule has 0 aliphatic carbocycles. The van der Waals surface area contributed by atoms with Crippen LogP contribution in [-0.4, -0.2) is 35.1 Å². The third-order valence-corrected chi connectivity index (χ3v) is 2.82. The minimum Gasteiger partial charge on any atom is -0.383 e. The minimum absolute atomic E-state index is 0.101.